The predicted molar refractivity (Wildman–Crippen MR) is 52.3 cm³/mol. The van der Waals surface area contributed by atoms with Crippen molar-refractivity contribution in [1.29, 1.82) is 5.26 Å². The van der Waals surface area contributed by atoms with Gasteiger partial charge in [0.1, 0.15) is 0 Å². The monoisotopic (exact) mass is 204 g/mol. The molecule has 1 rings (SSSR count). The maximum atomic E-state index is 10.1. The van der Waals surface area contributed by atoms with E-state index in [1.54, 1.807) is 24.3 Å². The lowest BCUT2D eigenvalue weighted by Gasteiger charge is -1.95. The summed E-state index contributed by atoms with van der Waals surface area (Å²) in [5.74, 6) is -1.10. The van der Waals surface area contributed by atoms with Crippen molar-refractivity contribution in [2.75, 3.05) is 6.61 Å². The molecule has 1 N–H and O–H groups in total. The van der Waals surface area contributed by atoms with Crippen LogP contribution in [0.4, 0.5) is 0 Å². The molecule has 1 aromatic carbocycles. The van der Waals surface area contributed by atoms with E-state index in [1.165, 1.54) is 6.21 Å². The molecule has 15 heavy (non-hydrogen) atoms. The number of hydrogen-bond donors (Lipinski definition) is 1. The minimum atomic E-state index is -1.10. The van der Waals surface area contributed by atoms with Crippen molar-refractivity contribution >= 4 is 12.2 Å². The standard InChI is InChI=1S/C10H8N2O3/c11-5-8-3-1-2-4-9(8)6-12-15-7-10(13)14/h1-4,6H,7H2,(H,13,14)/b12-6+. The summed E-state index contributed by atoms with van der Waals surface area (Å²) in [7, 11) is 0. The van der Waals surface area contributed by atoms with Gasteiger partial charge in [-0.1, -0.05) is 23.4 Å². The van der Waals surface area contributed by atoms with Crippen molar-refractivity contribution in [3.05, 3.63) is 35.4 Å². The number of aliphatic carboxylic acids is 1. The minimum absolute atomic E-state index is 0.458. The van der Waals surface area contributed by atoms with Gasteiger partial charge in [-0.15, -0.1) is 0 Å². The van der Waals surface area contributed by atoms with Gasteiger partial charge in [0.25, 0.3) is 0 Å². The molecule has 0 saturated carbocycles. The summed E-state index contributed by atoms with van der Waals surface area (Å²) in [6, 6.07) is 8.79. The highest BCUT2D eigenvalue weighted by Crippen LogP contribution is 2.03. The Bertz CT molecular complexity index is 421. The molecule has 0 spiro atoms. The number of nitrogens with zero attached hydrogens (tertiary/aromatic N) is 2. The molecule has 0 aliphatic carbocycles. The summed E-state index contributed by atoms with van der Waals surface area (Å²) in [6.45, 7) is -0.495. The van der Waals surface area contributed by atoms with Gasteiger partial charge >= 0.3 is 5.97 Å². The third kappa shape index (κ3) is 3.48. The van der Waals surface area contributed by atoms with Crippen molar-refractivity contribution in [1.82, 2.24) is 0 Å². The molecule has 0 radical (unpaired) electrons. The van der Waals surface area contributed by atoms with E-state index in [1.807, 2.05) is 6.07 Å². The summed E-state index contributed by atoms with van der Waals surface area (Å²) in [5.41, 5.74) is 1.05. The van der Waals surface area contributed by atoms with Gasteiger partial charge in [-0.05, 0) is 6.07 Å². The lowest BCUT2D eigenvalue weighted by molar-refractivity contribution is -0.142. The molecule has 76 valence electrons. The fourth-order valence-corrected chi connectivity index (χ4v) is 0.898. The summed E-state index contributed by atoms with van der Waals surface area (Å²) in [4.78, 5) is 14.5. The quantitative estimate of drug-likeness (QED) is 0.585. The van der Waals surface area contributed by atoms with Crippen LogP contribution < -0.4 is 0 Å². The molecule has 5 heteroatoms. The van der Waals surface area contributed by atoms with E-state index in [9.17, 15) is 4.79 Å². The molecule has 0 atom stereocenters. The molecule has 5 nitrogen and oxygen atoms in total. The van der Waals surface area contributed by atoms with Crippen molar-refractivity contribution in [2.24, 2.45) is 5.16 Å². The Balaban J connectivity index is 2.64. The number of hydrogen-bond acceptors (Lipinski definition) is 4. The molecular weight excluding hydrogens is 196 g/mol. The van der Waals surface area contributed by atoms with E-state index in [-0.39, 0.29) is 0 Å². The summed E-state index contributed by atoms with van der Waals surface area (Å²) in [6.07, 6.45) is 1.31. The van der Waals surface area contributed by atoms with Crippen LogP contribution in [0, 0.1) is 11.3 Å². The number of carbonyl (C=O) groups is 1. The van der Waals surface area contributed by atoms with Crippen LogP contribution in [0.3, 0.4) is 0 Å². The highest BCUT2D eigenvalue weighted by Gasteiger charge is 1.97. The number of nitriles is 1. The number of carboxylic acids is 1. The summed E-state index contributed by atoms with van der Waals surface area (Å²) >= 11 is 0. The van der Waals surface area contributed by atoms with Crippen molar-refractivity contribution in [3.8, 4) is 6.07 Å². The van der Waals surface area contributed by atoms with Gasteiger partial charge in [-0.25, -0.2) is 4.79 Å². The van der Waals surface area contributed by atoms with Gasteiger partial charge in [-0.3, -0.25) is 0 Å². The van der Waals surface area contributed by atoms with Crippen molar-refractivity contribution in [3.63, 3.8) is 0 Å². The Labute approximate surface area is 86.2 Å². The first-order valence-electron chi connectivity index (χ1n) is 4.10. The predicted octanol–water partition coefficient (Wildman–Crippen LogP) is 0.993. The van der Waals surface area contributed by atoms with Crippen molar-refractivity contribution in [2.45, 2.75) is 0 Å². The highest BCUT2D eigenvalue weighted by molar-refractivity contribution is 5.82. The van der Waals surface area contributed by atoms with E-state index >= 15 is 0 Å². The Morgan fingerprint density at radius 3 is 3.00 bits per heavy atom. The number of rotatable bonds is 4. The zero-order chi connectivity index (χ0) is 11.1. The molecule has 0 saturated heterocycles. The molecule has 0 aromatic heterocycles. The van der Waals surface area contributed by atoms with Gasteiger partial charge in [-0.2, -0.15) is 5.26 Å². The van der Waals surface area contributed by atoms with Gasteiger partial charge < -0.3 is 9.94 Å². The third-order valence-corrected chi connectivity index (χ3v) is 1.54. The van der Waals surface area contributed by atoms with E-state index in [0.717, 1.165) is 0 Å². The third-order valence-electron chi connectivity index (χ3n) is 1.54. The molecule has 1 aromatic rings. The van der Waals surface area contributed by atoms with Crippen LogP contribution in [0.1, 0.15) is 11.1 Å². The van der Waals surface area contributed by atoms with Crippen LogP contribution in [-0.4, -0.2) is 23.9 Å². The van der Waals surface area contributed by atoms with Crippen LogP contribution in [0.15, 0.2) is 29.4 Å². The van der Waals surface area contributed by atoms with Crippen LogP contribution >= 0.6 is 0 Å². The second-order valence-electron chi connectivity index (χ2n) is 2.60. The lowest BCUT2D eigenvalue weighted by Crippen LogP contribution is -2.03. The number of carboxylic acid groups (broad SMARTS) is 1. The minimum Gasteiger partial charge on any atom is -0.479 e. The van der Waals surface area contributed by atoms with E-state index in [2.05, 4.69) is 9.99 Å². The smallest absolute Gasteiger partial charge is 0.344 e. The van der Waals surface area contributed by atoms with Gasteiger partial charge in [0.05, 0.1) is 17.8 Å². The van der Waals surface area contributed by atoms with Crippen LogP contribution in [0.25, 0.3) is 0 Å². The normalized spacial score (nSPS) is 9.80. The van der Waals surface area contributed by atoms with Gasteiger partial charge in [0, 0.05) is 5.56 Å². The van der Waals surface area contributed by atoms with Gasteiger partial charge in [0.2, 0.25) is 6.61 Å². The average Bonchev–Trinajstić information content (AvgIpc) is 2.24. The maximum Gasteiger partial charge on any atom is 0.344 e. The molecular formula is C10H8N2O3. The first kappa shape index (κ1) is 10.7. The second-order valence-corrected chi connectivity index (χ2v) is 2.60. The molecule has 0 fully saturated rings. The Morgan fingerprint density at radius 1 is 1.60 bits per heavy atom. The number of oxime groups is 1. The van der Waals surface area contributed by atoms with E-state index < -0.39 is 12.6 Å². The van der Waals surface area contributed by atoms with Crippen LogP contribution in [0.5, 0.6) is 0 Å². The summed E-state index contributed by atoms with van der Waals surface area (Å²) < 4.78 is 0. The Kier molecular flexibility index (Phi) is 3.86. The Hall–Kier alpha value is -2.35. The molecule has 0 bridgehead atoms. The zero-order valence-electron chi connectivity index (χ0n) is 7.75. The van der Waals surface area contributed by atoms with E-state index in [4.69, 9.17) is 10.4 Å². The lowest BCUT2D eigenvalue weighted by atomic mass is 10.1. The van der Waals surface area contributed by atoms with Crippen LogP contribution in [-0.2, 0) is 9.63 Å². The van der Waals surface area contributed by atoms with E-state index in [0.29, 0.717) is 11.1 Å². The SMILES string of the molecule is N#Cc1ccccc1/C=N/OCC(=O)O. The fraction of sp³-hybridized carbons (Fsp3) is 0.100. The largest absolute Gasteiger partial charge is 0.479 e. The van der Waals surface area contributed by atoms with Crippen LogP contribution in [0.2, 0.25) is 0 Å². The zero-order valence-corrected chi connectivity index (χ0v) is 7.75. The average molecular weight is 204 g/mol. The molecule has 0 amide bonds. The molecule has 0 aliphatic rings. The number of benzene rings is 1. The second kappa shape index (κ2) is 5.40. The van der Waals surface area contributed by atoms with Gasteiger partial charge in [0.15, 0.2) is 0 Å². The van der Waals surface area contributed by atoms with Crippen molar-refractivity contribution < 1.29 is 14.7 Å². The highest BCUT2D eigenvalue weighted by atomic mass is 16.6. The fourth-order valence-electron chi connectivity index (χ4n) is 0.898. The molecule has 0 aliphatic heterocycles. The molecule has 0 heterocycles. The first-order chi connectivity index (χ1) is 7.24. The first-order valence-corrected chi connectivity index (χ1v) is 4.10. The topological polar surface area (TPSA) is 82.7 Å². The molecule has 0 unspecified atom stereocenters. The summed E-state index contributed by atoms with van der Waals surface area (Å²) in [5, 5.41) is 20.4. The Morgan fingerprint density at radius 2 is 2.33 bits per heavy atom. The maximum absolute atomic E-state index is 10.1.